The first kappa shape index (κ1) is 12.1. The highest BCUT2D eigenvalue weighted by Crippen LogP contribution is 2.17. The van der Waals surface area contributed by atoms with Crippen molar-refractivity contribution in [3.05, 3.63) is 48.3 Å². The zero-order valence-corrected chi connectivity index (χ0v) is 9.84. The molecule has 6 heteroatoms. The Hall–Kier alpha value is -1.37. The monoisotopic (exact) mass is 246 g/mol. The van der Waals surface area contributed by atoms with E-state index in [0.717, 1.165) is 16.5 Å². The molecule has 0 spiro atoms. The van der Waals surface area contributed by atoms with Crippen molar-refractivity contribution >= 4 is 24.3 Å². The smallest absolute Gasteiger partial charge is 0.423 e. The predicted octanol–water partition coefficient (Wildman–Crippen LogP) is 0.449. The van der Waals surface area contributed by atoms with Crippen LogP contribution in [0.3, 0.4) is 0 Å². The molecule has 86 valence electrons. The molecule has 17 heavy (non-hydrogen) atoms. The Morgan fingerprint density at radius 1 is 1.06 bits per heavy atom. The number of aromatic nitrogens is 2. The summed E-state index contributed by atoms with van der Waals surface area (Å²) in [6.45, 7) is 0. The van der Waals surface area contributed by atoms with E-state index in [0.29, 0.717) is 5.46 Å². The summed E-state index contributed by atoms with van der Waals surface area (Å²) >= 11 is 1.54. The predicted molar refractivity (Wildman–Crippen MR) is 67.9 cm³/mol. The van der Waals surface area contributed by atoms with Gasteiger partial charge in [-0.3, -0.25) is 0 Å². The highest BCUT2D eigenvalue weighted by Gasteiger charge is 2.09. The van der Waals surface area contributed by atoms with Crippen LogP contribution in [0, 0.1) is 0 Å². The maximum atomic E-state index is 8.95. The van der Waals surface area contributed by atoms with Crippen molar-refractivity contribution in [3.8, 4) is 0 Å². The lowest BCUT2D eigenvalue weighted by molar-refractivity contribution is 0.426. The summed E-state index contributed by atoms with van der Waals surface area (Å²) in [6, 6.07) is 8.91. The molecule has 1 aromatic carbocycles. The van der Waals surface area contributed by atoms with Crippen LogP contribution in [-0.2, 0) is 5.75 Å². The molecule has 1 heterocycles. The molecule has 0 saturated heterocycles. The van der Waals surface area contributed by atoms with E-state index in [9.17, 15) is 0 Å². The molecule has 0 amide bonds. The highest BCUT2D eigenvalue weighted by molar-refractivity contribution is 7.98. The molecule has 0 bridgehead atoms. The van der Waals surface area contributed by atoms with E-state index in [1.165, 1.54) is 0 Å². The Labute approximate surface area is 104 Å². The summed E-state index contributed by atoms with van der Waals surface area (Å²) in [5, 5.41) is 18.6. The number of thioether (sulfide) groups is 1. The Morgan fingerprint density at radius 3 is 2.29 bits per heavy atom. The van der Waals surface area contributed by atoms with Crippen LogP contribution in [0.15, 0.2) is 47.9 Å². The molecule has 0 radical (unpaired) electrons. The Balaban J connectivity index is 1.96. The maximum Gasteiger partial charge on any atom is 0.488 e. The van der Waals surface area contributed by atoms with Crippen molar-refractivity contribution in [1.82, 2.24) is 9.97 Å². The van der Waals surface area contributed by atoms with Crippen molar-refractivity contribution in [2.24, 2.45) is 0 Å². The van der Waals surface area contributed by atoms with Gasteiger partial charge in [0, 0.05) is 18.1 Å². The quantitative estimate of drug-likeness (QED) is 0.465. The first-order valence-corrected chi connectivity index (χ1v) is 6.09. The van der Waals surface area contributed by atoms with Crippen molar-refractivity contribution in [2.45, 2.75) is 10.9 Å². The van der Waals surface area contributed by atoms with E-state index in [1.54, 1.807) is 42.4 Å². The van der Waals surface area contributed by atoms with E-state index in [4.69, 9.17) is 10.0 Å². The van der Waals surface area contributed by atoms with Gasteiger partial charge in [-0.15, -0.1) is 0 Å². The lowest BCUT2D eigenvalue weighted by Crippen LogP contribution is -2.29. The summed E-state index contributed by atoms with van der Waals surface area (Å²) in [5.74, 6) is 0.756. The molecule has 4 nitrogen and oxygen atoms in total. The van der Waals surface area contributed by atoms with E-state index >= 15 is 0 Å². The average molecular weight is 246 g/mol. The van der Waals surface area contributed by atoms with Gasteiger partial charge in [-0.1, -0.05) is 36.0 Å². The number of nitrogens with zero attached hydrogens (tertiary/aromatic N) is 2. The maximum absolute atomic E-state index is 8.95. The minimum atomic E-state index is -1.41. The van der Waals surface area contributed by atoms with Crippen LogP contribution < -0.4 is 5.46 Å². The fraction of sp³-hybridized carbons (Fsp3) is 0.0909. The van der Waals surface area contributed by atoms with Crippen LogP contribution in [0.2, 0.25) is 0 Å². The molecule has 1 aromatic heterocycles. The van der Waals surface area contributed by atoms with Gasteiger partial charge in [-0.05, 0) is 17.1 Å². The third-order valence-corrected chi connectivity index (χ3v) is 3.13. The standard InChI is InChI=1S/C11H11BN2O2S/c15-12(16)10-4-2-9(3-5-10)8-17-11-13-6-1-7-14-11/h1-7,15-16H,8H2. The molecule has 0 unspecified atom stereocenters. The number of benzene rings is 1. The first-order valence-electron chi connectivity index (χ1n) is 5.10. The second-order valence-electron chi connectivity index (χ2n) is 3.44. The molecule has 0 atom stereocenters. The zero-order chi connectivity index (χ0) is 12.1. The molecule has 0 aliphatic rings. The number of hydrogen-bond donors (Lipinski definition) is 2. The lowest BCUT2D eigenvalue weighted by atomic mass is 9.80. The van der Waals surface area contributed by atoms with Crippen molar-refractivity contribution in [1.29, 1.82) is 0 Å². The summed E-state index contributed by atoms with van der Waals surface area (Å²) in [5.41, 5.74) is 1.58. The number of hydrogen-bond acceptors (Lipinski definition) is 5. The van der Waals surface area contributed by atoms with Crippen LogP contribution in [-0.4, -0.2) is 27.1 Å². The Kier molecular flexibility index (Phi) is 4.14. The first-order chi connectivity index (χ1) is 8.25. The average Bonchev–Trinajstić information content (AvgIpc) is 2.38. The van der Waals surface area contributed by atoms with Crippen molar-refractivity contribution < 1.29 is 10.0 Å². The Morgan fingerprint density at radius 2 is 1.71 bits per heavy atom. The minimum Gasteiger partial charge on any atom is -0.423 e. The topological polar surface area (TPSA) is 66.2 Å². The van der Waals surface area contributed by atoms with Gasteiger partial charge in [-0.25, -0.2) is 9.97 Å². The van der Waals surface area contributed by atoms with Gasteiger partial charge in [0.25, 0.3) is 0 Å². The molecule has 0 fully saturated rings. The van der Waals surface area contributed by atoms with E-state index in [2.05, 4.69) is 9.97 Å². The van der Waals surface area contributed by atoms with Crippen LogP contribution in [0.5, 0.6) is 0 Å². The van der Waals surface area contributed by atoms with Gasteiger partial charge in [0.05, 0.1) is 0 Å². The van der Waals surface area contributed by atoms with Gasteiger partial charge in [0.2, 0.25) is 0 Å². The van der Waals surface area contributed by atoms with E-state index in [1.807, 2.05) is 12.1 Å². The zero-order valence-electron chi connectivity index (χ0n) is 9.02. The fourth-order valence-electron chi connectivity index (χ4n) is 1.29. The van der Waals surface area contributed by atoms with Crippen LogP contribution >= 0.6 is 11.8 Å². The largest absolute Gasteiger partial charge is 0.488 e. The molecule has 2 N–H and O–H groups in total. The molecular weight excluding hydrogens is 235 g/mol. The minimum absolute atomic E-state index is 0.495. The molecule has 0 aliphatic carbocycles. The fourth-order valence-corrected chi connectivity index (χ4v) is 2.05. The van der Waals surface area contributed by atoms with E-state index < -0.39 is 7.12 Å². The highest BCUT2D eigenvalue weighted by atomic mass is 32.2. The third-order valence-electron chi connectivity index (χ3n) is 2.19. The number of rotatable bonds is 4. The molecule has 0 saturated carbocycles. The van der Waals surface area contributed by atoms with Crippen LogP contribution in [0.1, 0.15) is 5.56 Å². The van der Waals surface area contributed by atoms with E-state index in [-0.39, 0.29) is 0 Å². The van der Waals surface area contributed by atoms with Crippen LogP contribution in [0.25, 0.3) is 0 Å². The van der Waals surface area contributed by atoms with Crippen LogP contribution in [0.4, 0.5) is 0 Å². The molecular formula is C11H11BN2O2S. The molecule has 2 rings (SSSR count). The summed E-state index contributed by atoms with van der Waals surface area (Å²) < 4.78 is 0. The van der Waals surface area contributed by atoms with Crippen molar-refractivity contribution in [2.75, 3.05) is 0 Å². The van der Waals surface area contributed by atoms with Gasteiger partial charge >= 0.3 is 7.12 Å². The lowest BCUT2D eigenvalue weighted by Gasteiger charge is -2.02. The summed E-state index contributed by atoms with van der Waals surface area (Å²) in [6.07, 6.45) is 3.42. The summed E-state index contributed by atoms with van der Waals surface area (Å²) in [7, 11) is -1.41. The normalized spacial score (nSPS) is 10.2. The SMILES string of the molecule is OB(O)c1ccc(CSc2ncccn2)cc1. The van der Waals surface area contributed by atoms with Crippen molar-refractivity contribution in [3.63, 3.8) is 0 Å². The second-order valence-corrected chi connectivity index (χ2v) is 4.38. The van der Waals surface area contributed by atoms with Gasteiger partial charge in [0.1, 0.15) is 0 Å². The second kappa shape index (κ2) is 5.81. The van der Waals surface area contributed by atoms with Gasteiger partial charge < -0.3 is 10.0 Å². The van der Waals surface area contributed by atoms with Gasteiger partial charge in [-0.2, -0.15) is 0 Å². The summed E-state index contributed by atoms with van der Waals surface area (Å²) in [4.78, 5) is 8.22. The molecule has 0 aliphatic heterocycles. The molecule has 2 aromatic rings. The third kappa shape index (κ3) is 3.56. The Bertz CT molecular complexity index is 465. The van der Waals surface area contributed by atoms with Gasteiger partial charge in [0.15, 0.2) is 5.16 Å².